The highest BCUT2D eigenvalue weighted by Crippen LogP contribution is 2.21. The molecular weight excluding hydrogens is 266 g/mol. The highest BCUT2D eigenvalue weighted by atomic mass is 16.3. The molecule has 0 atom stereocenters. The largest absolute Gasteiger partial charge is 0.389 e. The summed E-state index contributed by atoms with van der Waals surface area (Å²) in [5.74, 6) is -0.0608. The molecule has 1 N–H and O–H groups in total. The summed E-state index contributed by atoms with van der Waals surface area (Å²) >= 11 is 0. The number of carbonyl (C=O) groups is 1. The minimum absolute atomic E-state index is 0.0608. The number of nitrogens with zero attached hydrogens (tertiary/aromatic N) is 3. The Morgan fingerprint density at radius 3 is 2.67 bits per heavy atom. The van der Waals surface area contributed by atoms with Gasteiger partial charge in [0.05, 0.1) is 29.2 Å². The molecule has 0 unspecified atom stereocenters. The molecule has 2 heterocycles. The third kappa shape index (κ3) is 2.34. The molecule has 3 rings (SSSR count). The van der Waals surface area contributed by atoms with Gasteiger partial charge in [0, 0.05) is 13.1 Å². The summed E-state index contributed by atoms with van der Waals surface area (Å²) in [7, 11) is 0. The molecule has 0 bridgehead atoms. The standard InChI is InChI=1S/C16H19N3O2/c1-10-4-5-11(2)15(6-10)19-12(3)14(7-17-19)16(21)18-8-13(20)9-18/h4-7,13,20H,8-9H2,1-3H3. The number of rotatable bonds is 2. The van der Waals surface area contributed by atoms with E-state index in [9.17, 15) is 9.90 Å². The van der Waals surface area contributed by atoms with Crippen LogP contribution in [0.25, 0.3) is 5.69 Å². The summed E-state index contributed by atoms with van der Waals surface area (Å²) in [5.41, 5.74) is 4.70. The zero-order chi connectivity index (χ0) is 15.1. The topological polar surface area (TPSA) is 58.4 Å². The summed E-state index contributed by atoms with van der Waals surface area (Å²) in [6, 6.07) is 6.18. The van der Waals surface area contributed by atoms with Gasteiger partial charge >= 0.3 is 0 Å². The number of amides is 1. The first-order chi connectivity index (χ1) is 9.97. The summed E-state index contributed by atoms with van der Waals surface area (Å²) < 4.78 is 1.81. The molecule has 1 aliphatic heterocycles. The van der Waals surface area contributed by atoms with Crippen molar-refractivity contribution in [1.29, 1.82) is 0 Å². The molecule has 0 spiro atoms. The molecule has 1 aromatic heterocycles. The van der Waals surface area contributed by atoms with E-state index in [0.29, 0.717) is 18.7 Å². The lowest BCUT2D eigenvalue weighted by Gasteiger charge is -2.35. The van der Waals surface area contributed by atoms with Crippen molar-refractivity contribution in [3.63, 3.8) is 0 Å². The highest BCUT2D eigenvalue weighted by molar-refractivity contribution is 5.95. The molecule has 1 aromatic carbocycles. The molecule has 1 saturated heterocycles. The fraction of sp³-hybridized carbons (Fsp3) is 0.375. The minimum Gasteiger partial charge on any atom is -0.389 e. The number of aromatic nitrogens is 2. The molecule has 0 saturated carbocycles. The smallest absolute Gasteiger partial charge is 0.257 e. The van der Waals surface area contributed by atoms with E-state index in [1.165, 1.54) is 0 Å². The van der Waals surface area contributed by atoms with Crippen LogP contribution in [-0.2, 0) is 0 Å². The van der Waals surface area contributed by atoms with E-state index < -0.39 is 0 Å². The lowest BCUT2D eigenvalue weighted by atomic mass is 10.1. The van der Waals surface area contributed by atoms with Crippen molar-refractivity contribution in [2.24, 2.45) is 0 Å². The van der Waals surface area contributed by atoms with Crippen LogP contribution < -0.4 is 0 Å². The Balaban J connectivity index is 1.96. The van der Waals surface area contributed by atoms with Crippen molar-refractivity contribution < 1.29 is 9.90 Å². The average Bonchev–Trinajstić information content (AvgIpc) is 2.79. The van der Waals surface area contributed by atoms with E-state index in [4.69, 9.17) is 0 Å². The van der Waals surface area contributed by atoms with Crippen LogP contribution in [-0.4, -0.2) is 44.9 Å². The number of hydrogen-bond acceptors (Lipinski definition) is 3. The van der Waals surface area contributed by atoms with Crippen molar-refractivity contribution in [3.8, 4) is 5.69 Å². The average molecular weight is 285 g/mol. The molecule has 1 amide bonds. The number of aliphatic hydroxyl groups excluding tert-OH is 1. The minimum atomic E-state index is -0.386. The van der Waals surface area contributed by atoms with Gasteiger partial charge in [-0.05, 0) is 38.0 Å². The number of carbonyl (C=O) groups excluding carboxylic acids is 1. The van der Waals surface area contributed by atoms with Gasteiger partial charge < -0.3 is 10.0 Å². The van der Waals surface area contributed by atoms with Crippen molar-refractivity contribution in [2.75, 3.05) is 13.1 Å². The van der Waals surface area contributed by atoms with Crippen LogP contribution in [0.1, 0.15) is 27.2 Å². The van der Waals surface area contributed by atoms with Gasteiger partial charge in [-0.3, -0.25) is 4.79 Å². The summed E-state index contributed by atoms with van der Waals surface area (Å²) in [6.45, 7) is 6.79. The number of benzene rings is 1. The normalized spacial score (nSPS) is 15.1. The third-order valence-electron chi connectivity index (χ3n) is 3.98. The molecule has 5 nitrogen and oxygen atoms in total. The van der Waals surface area contributed by atoms with E-state index in [0.717, 1.165) is 22.5 Å². The van der Waals surface area contributed by atoms with Crippen molar-refractivity contribution in [1.82, 2.24) is 14.7 Å². The van der Waals surface area contributed by atoms with Crippen LogP contribution in [0.3, 0.4) is 0 Å². The zero-order valence-electron chi connectivity index (χ0n) is 12.5. The highest BCUT2D eigenvalue weighted by Gasteiger charge is 2.31. The van der Waals surface area contributed by atoms with E-state index in [2.05, 4.69) is 23.3 Å². The van der Waals surface area contributed by atoms with Crippen LogP contribution in [0.5, 0.6) is 0 Å². The Bertz CT molecular complexity index is 700. The van der Waals surface area contributed by atoms with Crippen molar-refractivity contribution in [3.05, 3.63) is 46.8 Å². The third-order valence-corrected chi connectivity index (χ3v) is 3.98. The van der Waals surface area contributed by atoms with Gasteiger partial charge in [0.2, 0.25) is 0 Å². The molecule has 5 heteroatoms. The van der Waals surface area contributed by atoms with Gasteiger partial charge in [-0.15, -0.1) is 0 Å². The summed E-state index contributed by atoms with van der Waals surface area (Å²) in [6.07, 6.45) is 1.23. The van der Waals surface area contributed by atoms with Crippen molar-refractivity contribution >= 4 is 5.91 Å². The first-order valence-electron chi connectivity index (χ1n) is 7.07. The Kier molecular flexibility index (Phi) is 3.29. The maximum atomic E-state index is 12.4. The van der Waals surface area contributed by atoms with Crippen LogP contribution >= 0.6 is 0 Å². The van der Waals surface area contributed by atoms with E-state index in [-0.39, 0.29) is 12.0 Å². The number of β-amino-alcohol motifs (C(OH)–C–C–N with tert-alkyl or cyclic N) is 1. The molecule has 21 heavy (non-hydrogen) atoms. The van der Waals surface area contributed by atoms with E-state index >= 15 is 0 Å². The predicted molar refractivity (Wildman–Crippen MR) is 79.7 cm³/mol. The Labute approximate surface area is 123 Å². The quantitative estimate of drug-likeness (QED) is 0.912. The SMILES string of the molecule is Cc1ccc(C)c(-n2ncc(C(=O)N3CC(O)C3)c2C)c1. The fourth-order valence-electron chi connectivity index (χ4n) is 2.60. The Morgan fingerprint density at radius 1 is 1.29 bits per heavy atom. The zero-order valence-corrected chi connectivity index (χ0v) is 12.5. The fourth-order valence-corrected chi connectivity index (χ4v) is 2.60. The summed E-state index contributed by atoms with van der Waals surface area (Å²) in [4.78, 5) is 14.0. The van der Waals surface area contributed by atoms with Gasteiger partial charge in [0.25, 0.3) is 5.91 Å². The van der Waals surface area contributed by atoms with Crippen LogP contribution in [0.2, 0.25) is 0 Å². The number of likely N-dealkylation sites (tertiary alicyclic amines) is 1. The molecule has 0 radical (unpaired) electrons. The van der Waals surface area contributed by atoms with Gasteiger partial charge in [-0.2, -0.15) is 5.10 Å². The van der Waals surface area contributed by atoms with Gasteiger partial charge in [-0.25, -0.2) is 4.68 Å². The molecule has 1 fully saturated rings. The second-order valence-corrected chi connectivity index (χ2v) is 5.71. The second kappa shape index (κ2) is 5.00. The molecule has 110 valence electrons. The molecular formula is C16H19N3O2. The molecule has 2 aromatic rings. The second-order valence-electron chi connectivity index (χ2n) is 5.71. The van der Waals surface area contributed by atoms with Gasteiger partial charge in [0.15, 0.2) is 0 Å². The maximum Gasteiger partial charge on any atom is 0.257 e. The van der Waals surface area contributed by atoms with E-state index in [1.807, 2.05) is 25.5 Å². The first kappa shape index (κ1) is 13.8. The lowest BCUT2D eigenvalue weighted by Crippen LogP contribution is -2.53. The van der Waals surface area contributed by atoms with Crippen LogP contribution in [0, 0.1) is 20.8 Å². The number of hydrogen-bond donors (Lipinski definition) is 1. The van der Waals surface area contributed by atoms with E-state index in [1.54, 1.807) is 11.1 Å². The van der Waals surface area contributed by atoms with Crippen LogP contribution in [0.15, 0.2) is 24.4 Å². The van der Waals surface area contributed by atoms with Gasteiger partial charge in [-0.1, -0.05) is 12.1 Å². The predicted octanol–water partition coefficient (Wildman–Crippen LogP) is 1.61. The molecule has 0 aliphatic carbocycles. The molecule has 1 aliphatic rings. The monoisotopic (exact) mass is 285 g/mol. The van der Waals surface area contributed by atoms with Gasteiger partial charge in [0.1, 0.15) is 0 Å². The Morgan fingerprint density at radius 2 is 2.00 bits per heavy atom. The Hall–Kier alpha value is -2.14. The lowest BCUT2D eigenvalue weighted by molar-refractivity contribution is 0.00584. The number of aryl methyl sites for hydroxylation is 2. The summed E-state index contributed by atoms with van der Waals surface area (Å²) in [5, 5.41) is 13.7. The van der Waals surface area contributed by atoms with Crippen molar-refractivity contribution in [2.45, 2.75) is 26.9 Å². The first-order valence-corrected chi connectivity index (χ1v) is 7.07. The maximum absolute atomic E-state index is 12.4. The number of aliphatic hydroxyl groups is 1. The van der Waals surface area contributed by atoms with Crippen LogP contribution in [0.4, 0.5) is 0 Å².